The van der Waals surface area contributed by atoms with E-state index in [1.54, 1.807) is 23.1 Å². The lowest BCUT2D eigenvalue weighted by Crippen LogP contribution is -2.48. The maximum Gasteiger partial charge on any atom is 0.226 e. The van der Waals surface area contributed by atoms with Gasteiger partial charge in [-0.25, -0.2) is 0 Å². The minimum Gasteiger partial charge on any atom is -0.507 e. The quantitative estimate of drug-likeness (QED) is 0.348. The fourth-order valence-electron chi connectivity index (χ4n) is 4.61. The number of amides is 1. The number of phenols is 1. The van der Waals surface area contributed by atoms with Crippen molar-refractivity contribution in [1.82, 2.24) is 0 Å². The summed E-state index contributed by atoms with van der Waals surface area (Å²) in [7, 11) is 0. The minimum absolute atomic E-state index is 0.0591. The third-order valence-corrected chi connectivity index (χ3v) is 6.51. The maximum atomic E-state index is 13.0. The Morgan fingerprint density at radius 1 is 0.879 bits per heavy atom. The number of fused-ring (bicyclic) bond motifs is 1. The Bertz CT molecular complexity index is 1270. The van der Waals surface area contributed by atoms with Gasteiger partial charge in [0.25, 0.3) is 0 Å². The largest absolute Gasteiger partial charge is 0.507 e. The van der Waals surface area contributed by atoms with Gasteiger partial charge in [-0.3, -0.25) is 9.69 Å². The van der Waals surface area contributed by atoms with Crippen LogP contribution in [0.25, 0.3) is 0 Å². The molecular formula is C28H22BrNO3. The number of ether oxygens (including phenoxy) is 1. The zero-order valence-electron chi connectivity index (χ0n) is 18.0. The molecule has 0 bridgehead atoms. The van der Waals surface area contributed by atoms with Gasteiger partial charge in [0.2, 0.25) is 5.91 Å². The van der Waals surface area contributed by atoms with E-state index in [1.807, 2.05) is 84.9 Å². The van der Waals surface area contributed by atoms with E-state index >= 15 is 0 Å². The number of halogens is 1. The summed E-state index contributed by atoms with van der Waals surface area (Å²) >= 11 is 3.50. The first-order valence-corrected chi connectivity index (χ1v) is 11.5. The number of hydrogen-bond acceptors (Lipinski definition) is 3. The number of para-hydroxylation sites is 1. The summed E-state index contributed by atoms with van der Waals surface area (Å²) in [4.78, 5) is 14.6. The van der Waals surface area contributed by atoms with Crippen molar-refractivity contribution in [3.8, 4) is 5.75 Å². The molecule has 0 fully saturated rings. The highest BCUT2D eigenvalue weighted by atomic mass is 79.9. The Kier molecular flexibility index (Phi) is 5.52. The molecule has 0 aliphatic carbocycles. The maximum absolute atomic E-state index is 13.0. The molecule has 0 radical (unpaired) electrons. The van der Waals surface area contributed by atoms with E-state index in [9.17, 15) is 9.90 Å². The van der Waals surface area contributed by atoms with Gasteiger partial charge in [0, 0.05) is 22.5 Å². The van der Waals surface area contributed by atoms with Crippen LogP contribution in [0.3, 0.4) is 0 Å². The molecule has 4 aromatic rings. The van der Waals surface area contributed by atoms with Crippen LogP contribution in [0.2, 0.25) is 0 Å². The van der Waals surface area contributed by atoms with Crippen LogP contribution in [0.5, 0.6) is 5.75 Å². The molecular weight excluding hydrogens is 478 g/mol. The predicted molar refractivity (Wildman–Crippen MR) is 132 cm³/mol. The SMILES string of the molecule is CC(=O)N1c2ccccc2C(c2ccccc2)(c2ccccc2)OC1c1cc(Br)ccc1O. The molecule has 164 valence electrons. The van der Waals surface area contributed by atoms with Crippen molar-refractivity contribution in [2.75, 3.05) is 4.90 Å². The summed E-state index contributed by atoms with van der Waals surface area (Å²) in [6.45, 7) is 1.51. The number of anilines is 1. The molecule has 1 aliphatic heterocycles. The number of hydrogen-bond donors (Lipinski definition) is 1. The van der Waals surface area contributed by atoms with Gasteiger partial charge >= 0.3 is 0 Å². The first kappa shape index (κ1) is 21.4. The number of rotatable bonds is 3. The zero-order valence-corrected chi connectivity index (χ0v) is 19.6. The van der Waals surface area contributed by atoms with Crippen LogP contribution in [-0.2, 0) is 15.1 Å². The second-order valence-electron chi connectivity index (χ2n) is 7.99. The standard InChI is InChI=1S/C28H22BrNO3/c1-19(31)30-25-15-9-8-14-24(25)28(20-10-4-2-5-11-20,21-12-6-3-7-13-21)33-27(30)23-18-22(29)16-17-26(23)32/h2-18,27,32H,1H3. The number of carbonyl (C=O) groups is 1. The highest BCUT2D eigenvalue weighted by Gasteiger charge is 2.49. The van der Waals surface area contributed by atoms with Crippen LogP contribution in [0.1, 0.15) is 35.4 Å². The molecule has 0 aromatic heterocycles. The molecule has 1 atom stereocenters. The van der Waals surface area contributed by atoms with E-state index in [2.05, 4.69) is 15.9 Å². The van der Waals surface area contributed by atoms with Crippen LogP contribution < -0.4 is 4.90 Å². The van der Waals surface area contributed by atoms with E-state index in [0.717, 1.165) is 26.9 Å². The fourth-order valence-corrected chi connectivity index (χ4v) is 4.99. The van der Waals surface area contributed by atoms with Crippen LogP contribution in [-0.4, -0.2) is 11.0 Å². The van der Waals surface area contributed by atoms with Gasteiger partial charge in [-0.1, -0.05) is 94.8 Å². The summed E-state index contributed by atoms with van der Waals surface area (Å²) in [5.74, 6) is -0.120. The topological polar surface area (TPSA) is 49.8 Å². The predicted octanol–water partition coefficient (Wildman–Crippen LogP) is 6.53. The van der Waals surface area contributed by atoms with Crippen molar-refractivity contribution >= 4 is 27.5 Å². The summed E-state index contributed by atoms with van der Waals surface area (Å²) in [5, 5.41) is 10.8. The molecule has 0 saturated heterocycles. The molecule has 1 unspecified atom stereocenters. The Morgan fingerprint density at radius 3 is 2.06 bits per heavy atom. The van der Waals surface area contributed by atoms with Gasteiger partial charge in [0.05, 0.1) is 5.69 Å². The number of carbonyl (C=O) groups excluding carboxylic acids is 1. The van der Waals surface area contributed by atoms with Gasteiger partial charge in [0.15, 0.2) is 6.23 Å². The number of benzene rings is 4. The smallest absolute Gasteiger partial charge is 0.226 e. The lowest BCUT2D eigenvalue weighted by Gasteiger charge is -2.48. The lowest BCUT2D eigenvalue weighted by atomic mass is 9.77. The van der Waals surface area contributed by atoms with Gasteiger partial charge in [0.1, 0.15) is 11.4 Å². The number of aromatic hydroxyl groups is 1. The minimum atomic E-state index is -0.996. The summed E-state index contributed by atoms with van der Waals surface area (Å²) in [6.07, 6.45) is -0.852. The summed E-state index contributed by atoms with van der Waals surface area (Å²) < 4.78 is 7.78. The summed E-state index contributed by atoms with van der Waals surface area (Å²) in [6, 6.07) is 33.0. The molecule has 1 amide bonds. The number of phenolic OH excluding ortho intramolecular Hbond substituents is 1. The Morgan fingerprint density at radius 2 is 1.45 bits per heavy atom. The molecule has 4 aromatic carbocycles. The van der Waals surface area contributed by atoms with E-state index in [1.165, 1.54) is 6.92 Å². The molecule has 1 aliphatic rings. The van der Waals surface area contributed by atoms with E-state index in [4.69, 9.17) is 4.74 Å². The molecule has 0 spiro atoms. The van der Waals surface area contributed by atoms with Gasteiger partial charge in [-0.15, -0.1) is 0 Å². The van der Waals surface area contributed by atoms with Crippen molar-refractivity contribution in [2.24, 2.45) is 0 Å². The highest BCUT2D eigenvalue weighted by molar-refractivity contribution is 9.10. The van der Waals surface area contributed by atoms with E-state index in [-0.39, 0.29) is 11.7 Å². The lowest BCUT2D eigenvalue weighted by molar-refractivity contribution is -0.124. The highest BCUT2D eigenvalue weighted by Crippen LogP contribution is 2.53. The van der Waals surface area contributed by atoms with Gasteiger partial charge in [-0.2, -0.15) is 0 Å². The molecule has 33 heavy (non-hydrogen) atoms. The Hall–Kier alpha value is -3.41. The van der Waals surface area contributed by atoms with Crippen LogP contribution >= 0.6 is 15.9 Å². The van der Waals surface area contributed by atoms with Crippen molar-refractivity contribution in [1.29, 1.82) is 0 Å². The average Bonchev–Trinajstić information content (AvgIpc) is 2.85. The van der Waals surface area contributed by atoms with E-state index < -0.39 is 11.8 Å². The third-order valence-electron chi connectivity index (χ3n) is 6.02. The monoisotopic (exact) mass is 499 g/mol. The molecule has 5 rings (SSSR count). The average molecular weight is 500 g/mol. The molecule has 0 saturated carbocycles. The number of nitrogens with zero attached hydrogens (tertiary/aromatic N) is 1. The summed E-state index contributed by atoms with van der Waals surface area (Å²) in [5.41, 5.74) is 2.99. The van der Waals surface area contributed by atoms with E-state index in [0.29, 0.717) is 5.56 Å². The molecule has 5 heteroatoms. The third kappa shape index (κ3) is 3.54. The second-order valence-corrected chi connectivity index (χ2v) is 8.91. The Labute approximate surface area is 201 Å². The molecule has 1 N–H and O–H groups in total. The van der Waals surface area contributed by atoms with Crippen molar-refractivity contribution < 1.29 is 14.6 Å². The Balaban J connectivity index is 1.87. The second kappa shape index (κ2) is 8.50. The van der Waals surface area contributed by atoms with Gasteiger partial charge in [-0.05, 0) is 35.4 Å². The van der Waals surface area contributed by atoms with Crippen molar-refractivity contribution in [3.63, 3.8) is 0 Å². The van der Waals surface area contributed by atoms with Crippen molar-refractivity contribution in [2.45, 2.75) is 18.8 Å². The fraction of sp³-hybridized carbons (Fsp3) is 0.107. The zero-order chi connectivity index (χ0) is 23.0. The van der Waals surface area contributed by atoms with Crippen LogP contribution in [0, 0.1) is 0 Å². The van der Waals surface area contributed by atoms with Gasteiger partial charge < -0.3 is 9.84 Å². The van der Waals surface area contributed by atoms with Crippen molar-refractivity contribution in [3.05, 3.63) is 130 Å². The first-order valence-electron chi connectivity index (χ1n) is 10.7. The van der Waals surface area contributed by atoms with Crippen LogP contribution in [0.15, 0.2) is 108 Å². The van der Waals surface area contributed by atoms with Crippen LogP contribution in [0.4, 0.5) is 5.69 Å². The molecule has 1 heterocycles. The normalized spacial score (nSPS) is 16.8. The first-order chi connectivity index (χ1) is 16.0. The molecule has 4 nitrogen and oxygen atoms in total.